The van der Waals surface area contributed by atoms with Gasteiger partial charge in [0.25, 0.3) is 5.91 Å². The fourth-order valence-corrected chi connectivity index (χ4v) is 2.70. The Kier molecular flexibility index (Phi) is 5.48. The Balaban J connectivity index is 1.48. The number of hydrogen-bond acceptors (Lipinski definition) is 5. The Morgan fingerprint density at radius 3 is 2.69 bits per heavy atom. The van der Waals surface area contributed by atoms with Crippen molar-refractivity contribution in [3.05, 3.63) is 52.5 Å². The lowest BCUT2D eigenvalue weighted by Gasteiger charge is -2.09. The lowest BCUT2D eigenvalue weighted by molar-refractivity contribution is -0.121. The van der Waals surface area contributed by atoms with Crippen LogP contribution in [0.1, 0.15) is 22.3 Å². The maximum atomic E-state index is 12.1. The zero-order valence-electron chi connectivity index (χ0n) is 14.0. The third-order valence-corrected chi connectivity index (χ3v) is 4.10. The maximum Gasteiger partial charge on any atom is 0.269 e. The van der Waals surface area contributed by atoms with Gasteiger partial charge in [-0.1, -0.05) is 17.7 Å². The largest absolute Gasteiger partial charge is 0.495 e. The van der Waals surface area contributed by atoms with Gasteiger partial charge in [0.05, 0.1) is 12.1 Å². The SMILES string of the molecule is COc1ccc(CCC(=O)NNC(=O)c2ccc3c(c2)OCO3)cc1Cl. The molecule has 2 N–H and O–H groups in total. The van der Waals surface area contributed by atoms with Crippen LogP contribution in [0.3, 0.4) is 0 Å². The van der Waals surface area contributed by atoms with E-state index in [2.05, 4.69) is 10.9 Å². The molecular formula is C18H17ClN2O5. The number of nitrogens with one attached hydrogen (secondary N) is 2. The monoisotopic (exact) mass is 376 g/mol. The number of carbonyl (C=O) groups is 2. The number of benzene rings is 2. The van der Waals surface area contributed by atoms with E-state index in [1.165, 1.54) is 7.11 Å². The van der Waals surface area contributed by atoms with E-state index in [0.29, 0.717) is 34.3 Å². The van der Waals surface area contributed by atoms with Gasteiger partial charge in [-0.05, 0) is 42.3 Å². The predicted molar refractivity (Wildman–Crippen MR) is 94.5 cm³/mol. The highest BCUT2D eigenvalue weighted by molar-refractivity contribution is 6.32. The summed E-state index contributed by atoms with van der Waals surface area (Å²) in [6.45, 7) is 0.131. The molecule has 0 saturated heterocycles. The van der Waals surface area contributed by atoms with Gasteiger partial charge in [0, 0.05) is 12.0 Å². The first kappa shape index (κ1) is 17.9. The molecule has 26 heavy (non-hydrogen) atoms. The molecule has 2 aromatic rings. The maximum absolute atomic E-state index is 12.1. The summed E-state index contributed by atoms with van der Waals surface area (Å²) in [7, 11) is 1.54. The number of halogens is 1. The van der Waals surface area contributed by atoms with Crippen LogP contribution in [0, 0.1) is 0 Å². The van der Waals surface area contributed by atoms with Crippen molar-refractivity contribution in [2.75, 3.05) is 13.9 Å². The number of hydrogen-bond donors (Lipinski definition) is 2. The second-order valence-electron chi connectivity index (χ2n) is 5.54. The number of aryl methyl sites for hydroxylation is 1. The van der Waals surface area contributed by atoms with Crippen LogP contribution < -0.4 is 25.1 Å². The topological polar surface area (TPSA) is 85.9 Å². The number of methoxy groups -OCH3 is 1. The van der Waals surface area contributed by atoms with Crippen molar-refractivity contribution in [2.45, 2.75) is 12.8 Å². The Morgan fingerprint density at radius 2 is 1.92 bits per heavy atom. The van der Waals surface area contributed by atoms with E-state index in [-0.39, 0.29) is 19.1 Å². The summed E-state index contributed by atoms with van der Waals surface area (Å²) in [5, 5.41) is 0.488. The standard InChI is InChI=1S/C18H17ClN2O5/c1-24-14-5-2-11(8-13(14)19)3-7-17(22)20-21-18(23)12-4-6-15-16(9-12)26-10-25-15/h2,4-6,8-9H,3,7,10H2,1H3,(H,20,22)(H,21,23). The minimum atomic E-state index is -0.441. The van der Waals surface area contributed by atoms with Crippen LogP contribution in [-0.4, -0.2) is 25.7 Å². The molecule has 0 atom stereocenters. The van der Waals surface area contributed by atoms with Crippen molar-refractivity contribution in [3.63, 3.8) is 0 Å². The molecule has 7 nitrogen and oxygen atoms in total. The molecule has 2 aromatic carbocycles. The van der Waals surface area contributed by atoms with Crippen molar-refractivity contribution in [2.24, 2.45) is 0 Å². The Morgan fingerprint density at radius 1 is 1.12 bits per heavy atom. The molecule has 136 valence electrons. The van der Waals surface area contributed by atoms with Crippen LogP contribution in [0.25, 0.3) is 0 Å². The number of carbonyl (C=O) groups excluding carboxylic acids is 2. The van der Waals surface area contributed by atoms with E-state index in [9.17, 15) is 9.59 Å². The zero-order chi connectivity index (χ0) is 18.5. The van der Waals surface area contributed by atoms with Crippen LogP contribution in [0.15, 0.2) is 36.4 Å². The second-order valence-corrected chi connectivity index (χ2v) is 5.95. The van der Waals surface area contributed by atoms with Crippen LogP contribution in [0.2, 0.25) is 5.02 Å². The number of fused-ring (bicyclic) bond motifs is 1. The van der Waals surface area contributed by atoms with E-state index >= 15 is 0 Å². The molecule has 0 aliphatic carbocycles. The molecule has 1 aliphatic heterocycles. The molecule has 0 fully saturated rings. The fraction of sp³-hybridized carbons (Fsp3) is 0.222. The summed E-state index contributed by atoms with van der Waals surface area (Å²) in [5.41, 5.74) is 6.02. The normalized spacial score (nSPS) is 11.8. The lowest BCUT2D eigenvalue weighted by atomic mass is 10.1. The molecule has 0 aromatic heterocycles. The van der Waals surface area contributed by atoms with Crippen LogP contribution in [0.5, 0.6) is 17.2 Å². The van der Waals surface area contributed by atoms with E-state index in [0.717, 1.165) is 5.56 Å². The highest BCUT2D eigenvalue weighted by Crippen LogP contribution is 2.32. The summed E-state index contributed by atoms with van der Waals surface area (Å²) in [6, 6.07) is 10.1. The molecule has 2 amide bonds. The van der Waals surface area contributed by atoms with Crippen molar-refractivity contribution < 1.29 is 23.8 Å². The van der Waals surface area contributed by atoms with Gasteiger partial charge in [0.1, 0.15) is 5.75 Å². The average Bonchev–Trinajstić information content (AvgIpc) is 3.12. The Bertz CT molecular complexity index is 840. The first-order chi connectivity index (χ1) is 12.6. The van der Waals surface area contributed by atoms with Gasteiger partial charge in [-0.3, -0.25) is 20.4 Å². The van der Waals surface area contributed by atoms with Gasteiger partial charge in [-0.25, -0.2) is 0 Å². The summed E-state index contributed by atoms with van der Waals surface area (Å²) in [6.07, 6.45) is 0.680. The first-order valence-electron chi connectivity index (χ1n) is 7.88. The molecule has 3 rings (SSSR count). The van der Waals surface area contributed by atoms with Crippen molar-refractivity contribution in [3.8, 4) is 17.2 Å². The number of rotatable bonds is 5. The van der Waals surface area contributed by atoms with Crippen LogP contribution >= 0.6 is 11.6 Å². The summed E-state index contributed by atoms with van der Waals surface area (Å²) >= 11 is 6.05. The van der Waals surface area contributed by atoms with Crippen molar-refractivity contribution in [1.82, 2.24) is 10.9 Å². The molecule has 0 unspecified atom stereocenters. The molecule has 1 aliphatic rings. The lowest BCUT2D eigenvalue weighted by Crippen LogP contribution is -2.41. The molecule has 0 spiro atoms. The van der Waals surface area contributed by atoms with E-state index < -0.39 is 5.91 Å². The predicted octanol–water partition coefficient (Wildman–Crippen LogP) is 2.47. The highest BCUT2D eigenvalue weighted by Gasteiger charge is 2.16. The first-order valence-corrected chi connectivity index (χ1v) is 8.26. The zero-order valence-corrected chi connectivity index (χ0v) is 14.8. The minimum absolute atomic E-state index is 0.131. The summed E-state index contributed by atoms with van der Waals surface area (Å²) < 4.78 is 15.5. The third-order valence-electron chi connectivity index (χ3n) is 3.81. The quantitative estimate of drug-likeness (QED) is 0.783. The second kappa shape index (κ2) is 7.97. The Hall–Kier alpha value is -2.93. The number of ether oxygens (including phenoxy) is 3. The summed E-state index contributed by atoms with van der Waals surface area (Å²) in [5.74, 6) is 0.912. The molecule has 0 bridgehead atoms. The van der Waals surface area contributed by atoms with Gasteiger partial charge in [-0.2, -0.15) is 0 Å². The van der Waals surface area contributed by atoms with Crippen LogP contribution in [-0.2, 0) is 11.2 Å². The highest BCUT2D eigenvalue weighted by atomic mass is 35.5. The smallest absolute Gasteiger partial charge is 0.269 e. The average molecular weight is 377 g/mol. The minimum Gasteiger partial charge on any atom is -0.495 e. The fourth-order valence-electron chi connectivity index (χ4n) is 2.42. The van der Waals surface area contributed by atoms with Crippen LogP contribution in [0.4, 0.5) is 0 Å². The van der Waals surface area contributed by atoms with Gasteiger partial charge < -0.3 is 14.2 Å². The van der Waals surface area contributed by atoms with Gasteiger partial charge in [0.2, 0.25) is 12.7 Å². The molecule has 1 heterocycles. The van der Waals surface area contributed by atoms with E-state index in [1.807, 2.05) is 6.07 Å². The third kappa shape index (κ3) is 4.18. The van der Waals surface area contributed by atoms with Crippen molar-refractivity contribution >= 4 is 23.4 Å². The molecule has 8 heteroatoms. The molecular weight excluding hydrogens is 360 g/mol. The number of amides is 2. The molecule has 0 saturated carbocycles. The Labute approximate surface area is 155 Å². The van der Waals surface area contributed by atoms with Gasteiger partial charge in [0.15, 0.2) is 11.5 Å². The van der Waals surface area contributed by atoms with Crippen molar-refractivity contribution in [1.29, 1.82) is 0 Å². The number of hydrazine groups is 1. The van der Waals surface area contributed by atoms with Gasteiger partial charge in [-0.15, -0.1) is 0 Å². The van der Waals surface area contributed by atoms with E-state index in [4.69, 9.17) is 25.8 Å². The molecule has 0 radical (unpaired) electrons. The summed E-state index contributed by atoms with van der Waals surface area (Å²) in [4.78, 5) is 24.0. The van der Waals surface area contributed by atoms with E-state index in [1.54, 1.807) is 30.3 Å². The van der Waals surface area contributed by atoms with Gasteiger partial charge >= 0.3 is 0 Å².